The third-order valence-electron chi connectivity index (χ3n) is 3.15. The summed E-state index contributed by atoms with van der Waals surface area (Å²) in [5.41, 5.74) is -0.753. The van der Waals surface area contributed by atoms with Crippen molar-refractivity contribution in [2.24, 2.45) is 0 Å². The number of sulfonamides is 1. The Morgan fingerprint density at radius 3 is 2.42 bits per heavy atom. The van der Waals surface area contributed by atoms with Gasteiger partial charge in [-0.05, 0) is 29.8 Å². The summed E-state index contributed by atoms with van der Waals surface area (Å²) in [5, 5.41) is 0. The maximum atomic E-state index is 13.6. The van der Waals surface area contributed by atoms with E-state index in [-0.39, 0.29) is 22.8 Å². The number of alkyl halides is 3. The molecule has 0 aromatic heterocycles. The summed E-state index contributed by atoms with van der Waals surface area (Å²) >= 11 is 0. The summed E-state index contributed by atoms with van der Waals surface area (Å²) < 4.78 is 82.5. The molecule has 0 saturated heterocycles. The highest BCUT2D eigenvalue weighted by Crippen LogP contribution is 2.29. The molecule has 0 radical (unpaired) electrons. The van der Waals surface area contributed by atoms with Gasteiger partial charge in [0.1, 0.15) is 0 Å². The highest BCUT2D eigenvalue weighted by molar-refractivity contribution is 7.89. The number of benzene rings is 2. The predicted molar refractivity (Wildman–Crippen MR) is 78.4 cm³/mol. The van der Waals surface area contributed by atoms with Crippen LogP contribution in [0, 0.1) is 5.82 Å². The van der Waals surface area contributed by atoms with Crippen LogP contribution in [0.5, 0.6) is 5.75 Å². The Hall–Kier alpha value is -2.13. The summed E-state index contributed by atoms with van der Waals surface area (Å²) in [6.07, 6.45) is -4.52. The second-order valence-electron chi connectivity index (χ2n) is 4.82. The van der Waals surface area contributed by atoms with E-state index >= 15 is 0 Å². The van der Waals surface area contributed by atoms with Gasteiger partial charge in [0, 0.05) is 6.54 Å². The Balaban J connectivity index is 2.17. The molecular formula is C15H13F4NO3S. The van der Waals surface area contributed by atoms with Crippen LogP contribution in [0.4, 0.5) is 17.6 Å². The molecule has 0 heterocycles. The second-order valence-corrected chi connectivity index (χ2v) is 6.59. The van der Waals surface area contributed by atoms with Gasteiger partial charge in [-0.15, -0.1) is 0 Å². The van der Waals surface area contributed by atoms with Gasteiger partial charge in [0.15, 0.2) is 11.6 Å². The maximum Gasteiger partial charge on any atom is 0.416 e. The molecule has 2 aromatic carbocycles. The molecule has 0 amide bonds. The number of rotatable bonds is 5. The highest BCUT2D eigenvalue weighted by atomic mass is 32.2. The minimum atomic E-state index is -4.52. The van der Waals surface area contributed by atoms with Crippen LogP contribution in [0.1, 0.15) is 11.1 Å². The molecule has 0 aliphatic rings. The molecule has 0 aliphatic carbocycles. The number of hydrogen-bond donors (Lipinski definition) is 1. The molecule has 2 rings (SSSR count). The topological polar surface area (TPSA) is 55.4 Å². The fourth-order valence-corrected chi connectivity index (χ4v) is 2.96. The number of hydrogen-bond acceptors (Lipinski definition) is 3. The molecule has 0 fully saturated rings. The third kappa shape index (κ3) is 4.24. The molecule has 2 aromatic rings. The lowest BCUT2D eigenvalue weighted by atomic mass is 10.1. The van der Waals surface area contributed by atoms with Gasteiger partial charge >= 0.3 is 6.18 Å². The van der Waals surface area contributed by atoms with E-state index in [4.69, 9.17) is 4.74 Å². The summed E-state index contributed by atoms with van der Waals surface area (Å²) in [6, 6.07) is 7.32. The molecule has 1 N–H and O–H groups in total. The van der Waals surface area contributed by atoms with Gasteiger partial charge in [-0.1, -0.05) is 18.2 Å². The maximum absolute atomic E-state index is 13.6. The van der Waals surface area contributed by atoms with E-state index in [0.29, 0.717) is 0 Å². The third-order valence-corrected chi connectivity index (χ3v) is 4.55. The van der Waals surface area contributed by atoms with E-state index in [9.17, 15) is 26.0 Å². The first kappa shape index (κ1) is 18.2. The summed E-state index contributed by atoms with van der Waals surface area (Å²) in [6.45, 7) is -0.361. The van der Waals surface area contributed by atoms with Gasteiger partial charge in [0.2, 0.25) is 10.0 Å². The van der Waals surface area contributed by atoms with Crippen LogP contribution in [0.2, 0.25) is 0 Å². The van der Waals surface area contributed by atoms with Crippen LogP contribution < -0.4 is 9.46 Å². The van der Waals surface area contributed by atoms with Crippen molar-refractivity contribution in [3.05, 3.63) is 59.4 Å². The smallest absolute Gasteiger partial charge is 0.416 e. The van der Waals surface area contributed by atoms with E-state index < -0.39 is 27.6 Å². The summed E-state index contributed by atoms with van der Waals surface area (Å²) in [4.78, 5) is -0.354. The van der Waals surface area contributed by atoms with E-state index in [2.05, 4.69) is 4.72 Å². The first-order valence-corrected chi connectivity index (χ1v) is 8.11. The van der Waals surface area contributed by atoms with E-state index in [0.717, 1.165) is 30.3 Å². The van der Waals surface area contributed by atoms with Crippen LogP contribution in [-0.2, 0) is 22.7 Å². The molecule has 24 heavy (non-hydrogen) atoms. The minimum Gasteiger partial charge on any atom is -0.494 e. The zero-order chi connectivity index (χ0) is 18.0. The van der Waals surface area contributed by atoms with Gasteiger partial charge in [0.25, 0.3) is 0 Å². The van der Waals surface area contributed by atoms with Crippen LogP contribution in [0.15, 0.2) is 47.4 Å². The van der Waals surface area contributed by atoms with Crippen molar-refractivity contribution in [1.29, 1.82) is 0 Å². The summed E-state index contributed by atoms with van der Waals surface area (Å²) in [7, 11) is -2.85. The Morgan fingerprint density at radius 2 is 1.83 bits per heavy atom. The van der Waals surface area contributed by atoms with Crippen molar-refractivity contribution in [3.63, 3.8) is 0 Å². The Bertz CT molecular complexity index is 835. The van der Waals surface area contributed by atoms with Crippen molar-refractivity contribution in [2.45, 2.75) is 17.6 Å². The van der Waals surface area contributed by atoms with E-state index in [1.54, 1.807) is 0 Å². The van der Waals surface area contributed by atoms with Gasteiger partial charge in [-0.2, -0.15) is 13.2 Å². The largest absolute Gasteiger partial charge is 0.494 e. The number of halogens is 4. The molecule has 0 aliphatic heterocycles. The monoisotopic (exact) mass is 363 g/mol. The van der Waals surface area contributed by atoms with Crippen molar-refractivity contribution in [2.75, 3.05) is 7.11 Å². The van der Waals surface area contributed by atoms with Gasteiger partial charge in [0.05, 0.1) is 17.6 Å². The Morgan fingerprint density at radius 1 is 1.12 bits per heavy atom. The molecule has 9 heteroatoms. The standard InChI is InChI=1S/C15H13F4NO3S/c1-23-14-6-5-12(8-13(14)16)24(21,22)20-9-10-3-2-4-11(7-10)15(17,18)19/h2-8,20H,9H2,1H3. The van der Waals surface area contributed by atoms with Gasteiger partial charge in [-0.3, -0.25) is 0 Å². The van der Waals surface area contributed by atoms with Crippen LogP contribution in [-0.4, -0.2) is 15.5 Å². The van der Waals surface area contributed by atoms with Crippen LogP contribution in [0.25, 0.3) is 0 Å². The van der Waals surface area contributed by atoms with Crippen LogP contribution >= 0.6 is 0 Å². The average molecular weight is 363 g/mol. The SMILES string of the molecule is COc1ccc(S(=O)(=O)NCc2cccc(C(F)(F)F)c2)cc1F. The van der Waals surface area contributed by atoms with Crippen molar-refractivity contribution in [1.82, 2.24) is 4.72 Å². The van der Waals surface area contributed by atoms with Gasteiger partial charge < -0.3 is 4.74 Å². The van der Waals surface area contributed by atoms with E-state index in [1.807, 2.05) is 0 Å². The predicted octanol–water partition coefficient (Wildman–Crippen LogP) is 3.33. The molecule has 0 saturated carbocycles. The zero-order valence-corrected chi connectivity index (χ0v) is 13.2. The number of methoxy groups -OCH3 is 1. The minimum absolute atomic E-state index is 0.119. The summed E-state index contributed by atoms with van der Waals surface area (Å²) in [5.74, 6) is -0.980. The average Bonchev–Trinajstić information content (AvgIpc) is 2.52. The first-order chi connectivity index (χ1) is 11.1. The molecule has 0 unspecified atom stereocenters. The van der Waals surface area contributed by atoms with Crippen molar-refractivity contribution < 1.29 is 30.7 Å². The Kier molecular flexibility index (Phi) is 5.14. The fourth-order valence-electron chi connectivity index (χ4n) is 1.93. The lowest BCUT2D eigenvalue weighted by Crippen LogP contribution is -2.23. The normalized spacial score (nSPS) is 12.2. The molecule has 0 spiro atoms. The molecular weight excluding hydrogens is 350 g/mol. The molecule has 130 valence electrons. The second kappa shape index (κ2) is 6.78. The Labute approximate surface area is 136 Å². The number of nitrogens with one attached hydrogen (secondary N) is 1. The fraction of sp³-hybridized carbons (Fsp3) is 0.200. The van der Waals surface area contributed by atoms with Crippen molar-refractivity contribution in [3.8, 4) is 5.75 Å². The lowest BCUT2D eigenvalue weighted by molar-refractivity contribution is -0.137. The lowest BCUT2D eigenvalue weighted by Gasteiger charge is -2.10. The molecule has 0 bridgehead atoms. The quantitative estimate of drug-likeness (QED) is 0.829. The molecule has 4 nitrogen and oxygen atoms in total. The first-order valence-electron chi connectivity index (χ1n) is 6.63. The van der Waals surface area contributed by atoms with Crippen molar-refractivity contribution >= 4 is 10.0 Å². The van der Waals surface area contributed by atoms with Crippen LogP contribution in [0.3, 0.4) is 0 Å². The highest BCUT2D eigenvalue weighted by Gasteiger charge is 2.30. The van der Waals surface area contributed by atoms with Gasteiger partial charge in [-0.25, -0.2) is 17.5 Å². The number of ether oxygens (including phenoxy) is 1. The van der Waals surface area contributed by atoms with E-state index in [1.165, 1.54) is 19.2 Å². The molecule has 0 atom stereocenters. The zero-order valence-electron chi connectivity index (χ0n) is 12.4.